The van der Waals surface area contributed by atoms with Crippen LogP contribution in [0.1, 0.15) is 41.5 Å². The van der Waals surface area contributed by atoms with Crippen LogP contribution in [0.5, 0.6) is 0 Å². The van der Waals surface area contributed by atoms with Crippen molar-refractivity contribution in [3.8, 4) is 0 Å². The molecule has 1 amide bonds. The average molecular weight is 278 g/mol. The first-order chi connectivity index (χ1) is 9.17. The molecule has 1 fully saturated rings. The molecule has 2 heterocycles. The van der Waals surface area contributed by atoms with Crippen molar-refractivity contribution in [1.29, 1.82) is 0 Å². The van der Waals surface area contributed by atoms with Gasteiger partial charge in [0.1, 0.15) is 0 Å². The van der Waals surface area contributed by atoms with E-state index in [0.29, 0.717) is 6.54 Å². The molecule has 1 aliphatic carbocycles. The number of rotatable bonds is 3. The topological polar surface area (TPSA) is 41.1 Å². The van der Waals surface area contributed by atoms with Gasteiger partial charge in [-0.25, -0.2) is 0 Å². The molecule has 2 N–H and O–H groups in total. The van der Waals surface area contributed by atoms with Gasteiger partial charge in [0.15, 0.2) is 0 Å². The van der Waals surface area contributed by atoms with Crippen LogP contribution in [-0.4, -0.2) is 19.0 Å². The Hall–Kier alpha value is -0.870. The molecular weight excluding hydrogens is 256 g/mol. The molecule has 3 nitrogen and oxygen atoms in total. The monoisotopic (exact) mass is 278 g/mol. The minimum Gasteiger partial charge on any atom is -0.351 e. The van der Waals surface area contributed by atoms with Crippen molar-refractivity contribution in [2.45, 2.75) is 45.6 Å². The van der Waals surface area contributed by atoms with Crippen LogP contribution < -0.4 is 10.6 Å². The number of amides is 1. The Labute approximate surface area is 118 Å². The molecular formula is C15H22N2OS. The summed E-state index contributed by atoms with van der Waals surface area (Å²) in [6.45, 7) is 4.71. The Morgan fingerprint density at radius 3 is 2.95 bits per heavy atom. The SMILES string of the molecule is CC1(C(=O)NCc2cc3c(s2)CCC3)CCNCC1. The Bertz CT molecular complexity index is 453. The minimum atomic E-state index is -0.175. The summed E-state index contributed by atoms with van der Waals surface area (Å²) in [6.07, 6.45) is 5.65. The lowest BCUT2D eigenvalue weighted by molar-refractivity contribution is -0.131. The minimum absolute atomic E-state index is 0.175. The van der Waals surface area contributed by atoms with Gasteiger partial charge in [0, 0.05) is 15.2 Å². The number of carbonyl (C=O) groups excluding carboxylic acids is 1. The highest BCUT2D eigenvalue weighted by molar-refractivity contribution is 7.12. The molecule has 1 saturated heterocycles. The normalized spacial score (nSPS) is 21.1. The second-order valence-corrected chi connectivity index (χ2v) is 7.23. The first-order valence-corrected chi connectivity index (χ1v) is 8.08. The van der Waals surface area contributed by atoms with Crippen LogP contribution in [0.4, 0.5) is 0 Å². The molecule has 3 rings (SSSR count). The average Bonchev–Trinajstić information content (AvgIpc) is 2.97. The lowest BCUT2D eigenvalue weighted by atomic mass is 9.80. The van der Waals surface area contributed by atoms with Gasteiger partial charge in [0.05, 0.1) is 6.54 Å². The molecule has 0 atom stereocenters. The predicted molar refractivity (Wildman–Crippen MR) is 78.4 cm³/mol. The molecule has 2 aliphatic rings. The van der Waals surface area contributed by atoms with Gasteiger partial charge in [0.2, 0.25) is 5.91 Å². The summed E-state index contributed by atoms with van der Waals surface area (Å²) in [7, 11) is 0. The van der Waals surface area contributed by atoms with Crippen LogP contribution in [0.3, 0.4) is 0 Å². The fourth-order valence-electron chi connectivity index (χ4n) is 3.06. The van der Waals surface area contributed by atoms with Crippen LogP contribution in [0.25, 0.3) is 0 Å². The molecule has 0 saturated carbocycles. The highest BCUT2D eigenvalue weighted by Crippen LogP contribution is 2.31. The molecule has 1 aromatic rings. The quantitative estimate of drug-likeness (QED) is 0.890. The fourth-order valence-corrected chi connectivity index (χ4v) is 4.26. The van der Waals surface area contributed by atoms with E-state index >= 15 is 0 Å². The lowest BCUT2D eigenvalue weighted by Crippen LogP contribution is -2.45. The van der Waals surface area contributed by atoms with E-state index in [1.807, 2.05) is 11.3 Å². The molecule has 1 aromatic heterocycles. The third kappa shape index (κ3) is 2.70. The van der Waals surface area contributed by atoms with Crippen molar-refractivity contribution in [3.05, 3.63) is 21.4 Å². The number of nitrogens with one attached hydrogen (secondary N) is 2. The third-order valence-electron chi connectivity index (χ3n) is 4.48. The van der Waals surface area contributed by atoms with Crippen molar-refractivity contribution >= 4 is 17.2 Å². The number of piperidine rings is 1. The number of hydrogen-bond acceptors (Lipinski definition) is 3. The maximum Gasteiger partial charge on any atom is 0.226 e. The van der Waals surface area contributed by atoms with Crippen LogP contribution >= 0.6 is 11.3 Å². The van der Waals surface area contributed by atoms with Crippen molar-refractivity contribution in [2.24, 2.45) is 5.41 Å². The summed E-state index contributed by atoms with van der Waals surface area (Å²) < 4.78 is 0. The largest absolute Gasteiger partial charge is 0.351 e. The van der Waals surface area contributed by atoms with Gasteiger partial charge in [-0.15, -0.1) is 11.3 Å². The van der Waals surface area contributed by atoms with Crippen molar-refractivity contribution < 1.29 is 4.79 Å². The van der Waals surface area contributed by atoms with Crippen LogP contribution in [0.15, 0.2) is 6.07 Å². The zero-order chi connectivity index (χ0) is 13.3. The number of aryl methyl sites for hydroxylation is 2. The number of hydrogen-bond donors (Lipinski definition) is 2. The van der Waals surface area contributed by atoms with Crippen LogP contribution in [-0.2, 0) is 24.2 Å². The molecule has 0 spiro atoms. The van der Waals surface area contributed by atoms with Crippen molar-refractivity contribution in [3.63, 3.8) is 0 Å². The summed E-state index contributed by atoms with van der Waals surface area (Å²) in [6, 6.07) is 2.29. The highest BCUT2D eigenvalue weighted by Gasteiger charge is 2.34. The molecule has 1 aliphatic heterocycles. The van der Waals surface area contributed by atoms with Gasteiger partial charge in [-0.3, -0.25) is 4.79 Å². The third-order valence-corrected chi connectivity index (χ3v) is 5.71. The second-order valence-electron chi connectivity index (χ2n) is 6.01. The Kier molecular flexibility index (Phi) is 3.63. The van der Waals surface area contributed by atoms with E-state index in [0.717, 1.165) is 25.9 Å². The van der Waals surface area contributed by atoms with Gasteiger partial charge in [-0.05, 0) is 56.8 Å². The van der Waals surface area contributed by atoms with E-state index in [-0.39, 0.29) is 11.3 Å². The van der Waals surface area contributed by atoms with E-state index in [1.165, 1.54) is 34.6 Å². The van der Waals surface area contributed by atoms with E-state index in [1.54, 1.807) is 0 Å². The fraction of sp³-hybridized carbons (Fsp3) is 0.667. The summed E-state index contributed by atoms with van der Waals surface area (Å²) >= 11 is 1.88. The number of carbonyl (C=O) groups is 1. The molecule has 19 heavy (non-hydrogen) atoms. The molecule has 4 heteroatoms. The highest BCUT2D eigenvalue weighted by atomic mass is 32.1. The molecule has 0 bridgehead atoms. The zero-order valence-corrected chi connectivity index (χ0v) is 12.4. The molecule has 0 aromatic carbocycles. The Morgan fingerprint density at radius 2 is 2.21 bits per heavy atom. The van der Waals surface area contributed by atoms with Crippen molar-refractivity contribution in [1.82, 2.24) is 10.6 Å². The molecule has 0 unspecified atom stereocenters. The smallest absolute Gasteiger partial charge is 0.226 e. The summed E-state index contributed by atoms with van der Waals surface area (Å²) in [5.74, 6) is 0.225. The van der Waals surface area contributed by atoms with Gasteiger partial charge in [-0.1, -0.05) is 6.92 Å². The van der Waals surface area contributed by atoms with Gasteiger partial charge >= 0.3 is 0 Å². The molecule has 0 radical (unpaired) electrons. The zero-order valence-electron chi connectivity index (χ0n) is 11.6. The Balaban J connectivity index is 1.57. The number of fused-ring (bicyclic) bond motifs is 1. The second kappa shape index (κ2) is 5.25. The Morgan fingerprint density at radius 1 is 1.42 bits per heavy atom. The summed E-state index contributed by atoms with van der Waals surface area (Å²) in [4.78, 5) is 15.2. The number of thiophene rings is 1. The summed E-state index contributed by atoms with van der Waals surface area (Å²) in [5, 5.41) is 6.46. The standard InChI is InChI=1S/C15H22N2OS/c1-15(5-7-16-8-6-15)14(18)17-10-12-9-11-3-2-4-13(11)19-12/h9,16H,2-8,10H2,1H3,(H,17,18). The molecule has 104 valence electrons. The maximum atomic E-state index is 12.3. The van der Waals surface area contributed by atoms with Gasteiger partial charge < -0.3 is 10.6 Å². The first-order valence-electron chi connectivity index (χ1n) is 7.27. The van der Waals surface area contributed by atoms with Crippen LogP contribution in [0, 0.1) is 5.41 Å². The van der Waals surface area contributed by atoms with E-state index in [9.17, 15) is 4.79 Å². The predicted octanol–water partition coefficient (Wildman–Crippen LogP) is 2.24. The van der Waals surface area contributed by atoms with Gasteiger partial charge in [-0.2, -0.15) is 0 Å². The van der Waals surface area contributed by atoms with Crippen molar-refractivity contribution in [2.75, 3.05) is 13.1 Å². The lowest BCUT2D eigenvalue weighted by Gasteiger charge is -2.32. The van der Waals surface area contributed by atoms with E-state index in [2.05, 4.69) is 23.6 Å². The maximum absolute atomic E-state index is 12.3. The van der Waals surface area contributed by atoms with Crippen LogP contribution in [0.2, 0.25) is 0 Å². The van der Waals surface area contributed by atoms with E-state index in [4.69, 9.17) is 0 Å². The summed E-state index contributed by atoms with van der Waals surface area (Å²) in [5.41, 5.74) is 1.34. The first kappa shape index (κ1) is 13.1. The van der Waals surface area contributed by atoms with E-state index < -0.39 is 0 Å². The van der Waals surface area contributed by atoms with Gasteiger partial charge in [0.25, 0.3) is 0 Å².